The highest BCUT2D eigenvalue weighted by molar-refractivity contribution is 7.47. The summed E-state index contributed by atoms with van der Waals surface area (Å²) in [6, 6.07) is 0. The Labute approximate surface area is 632 Å². The maximum absolute atomic E-state index is 13.1. The number of hydrogen-bond acceptors (Lipinski definition) is 15. The lowest BCUT2D eigenvalue weighted by Crippen LogP contribution is -2.30. The lowest BCUT2D eigenvalue weighted by molar-refractivity contribution is -0.161. The van der Waals surface area contributed by atoms with Crippen LogP contribution in [-0.2, 0) is 65.4 Å². The van der Waals surface area contributed by atoms with Crippen molar-refractivity contribution in [3.63, 3.8) is 0 Å². The Morgan fingerprint density at radius 3 is 0.779 bits per heavy atom. The summed E-state index contributed by atoms with van der Waals surface area (Å²) >= 11 is 0. The molecule has 0 saturated carbocycles. The molecule has 0 aromatic rings. The fourth-order valence-corrected chi connectivity index (χ4v) is 12.2. The molecule has 0 saturated heterocycles. The second kappa shape index (κ2) is 76.6. The van der Waals surface area contributed by atoms with E-state index in [9.17, 15) is 43.2 Å². The summed E-state index contributed by atoms with van der Waals surface area (Å²) in [5.74, 6) is -2.32. The molecule has 4 atom stereocenters. The molecule has 0 aliphatic heterocycles. The Morgan fingerprint density at radius 2 is 0.481 bits per heavy atom. The zero-order valence-electron chi connectivity index (χ0n) is 65.4. The van der Waals surface area contributed by atoms with Gasteiger partial charge in [0.15, 0.2) is 12.2 Å². The maximum Gasteiger partial charge on any atom is 0.472 e. The average Bonchev–Trinajstić information content (AvgIpc) is 0.907. The van der Waals surface area contributed by atoms with Crippen molar-refractivity contribution < 1.29 is 80.2 Å². The molecule has 598 valence electrons. The summed E-state index contributed by atoms with van der Waals surface area (Å²) < 4.78 is 68.5. The molecule has 0 aromatic carbocycles. The second-order valence-electron chi connectivity index (χ2n) is 27.0. The number of phosphoric ester groups is 2. The predicted octanol–water partition coefficient (Wildman–Crippen LogP) is 23.9. The molecule has 17 nitrogen and oxygen atoms in total. The third-order valence-corrected chi connectivity index (χ3v) is 18.8. The van der Waals surface area contributed by atoms with E-state index >= 15 is 0 Å². The van der Waals surface area contributed by atoms with E-state index < -0.39 is 97.5 Å². The van der Waals surface area contributed by atoms with Crippen molar-refractivity contribution in [1.29, 1.82) is 0 Å². The molecule has 0 rings (SSSR count). The van der Waals surface area contributed by atoms with E-state index in [2.05, 4.69) is 125 Å². The Hall–Kier alpha value is -4.54. The van der Waals surface area contributed by atoms with Gasteiger partial charge in [-0.2, -0.15) is 0 Å². The van der Waals surface area contributed by atoms with Crippen molar-refractivity contribution in [3.05, 3.63) is 122 Å². The fraction of sp³-hybridized carbons (Fsp3) is 0.718. The zero-order valence-corrected chi connectivity index (χ0v) is 67.2. The van der Waals surface area contributed by atoms with E-state index in [1.54, 1.807) is 0 Å². The minimum atomic E-state index is -5.00. The zero-order chi connectivity index (χ0) is 76.0. The molecule has 3 N–H and O–H groups in total. The molecule has 0 amide bonds. The Bertz CT molecular complexity index is 2280. The molecule has 0 aliphatic carbocycles. The summed E-state index contributed by atoms with van der Waals surface area (Å²) in [7, 11) is -10.0. The van der Waals surface area contributed by atoms with Crippen molar-refractivity contribution in [2.75, 3.05) is 39.6 Å². The average molecular weight is 1500 g/mol. The van der Waals surface area contributed by atoms with E-state index in [4.69, 9.17) is 37.0 Å². The van der Waals surface area contributed by atoms with Crippen LogP contribution in [0.25, 0.3) is 0 Å². The Morgan fingerprint density at radius 1 is 0.269 bits per heavy atom. The lowest BCUT2D eigenvalue weighted by atomic mass is 10.1. The first-order valence-corrected chi connectivity index (χ1v) is 43.8. The third kappa shape index (κ3) is 75.7. The first kappa shape index (κ1) is 99.5. The van der Waals surface area contributed by atoms with Crippen LogP contribution in [0.15, 0.2) is 122 Å². The summed E-state index contributed by atoms with van der Waals surface area (Å²) in [6.45, 7) is 4.69. The van der Waals surface area contributed by atoms with E-state index in [0.29, 0.717) is 38.5 Å². The molecular weight excluding hydrogens is 1350 g/mol. The van der Waals surface area contributed by atoms with Gasteiger partial charge in [-0.25, -0.2) is 9.13 Å². The van der Waals surface area contributed by atoms with Crippen molar-refractivity contribution in [1.82, 2.24) is 0 Å². The highest BCUT2D eigenvalue weighted by atomic mass is 31.2. The summed E-state index contributed by atoms with van der Waals surface area (Å²) in [4.78, 5) is 73.0. The predicted molar refractivity (Wildman–Crippen MR) is 427 cm³/mol. The SMILES string of the molecule is CCCCC/C=C\C/C=C\C/C=C\C/C=C\CCCC(=O)O[C@H](COC(=O)CCCCCCC/C=C\CCCCCCCC)COP(=O)(O)OCC(O)COP(=O)(O)OC[C@@H](COC(=O)CCCCCCC/C=C\CCCCCCCC)OC(=O)CCC/C=C\C/C=C\C/C=C\C/C=C\CCCCC. The maximum atomic E-state index is 13.1. The molecule has 0 radical (unpaired) electrons. The molecule has 0 fully saturated rings. The largest absolute Gasteiger partial charge is 0.472 e. The van der Waals surface area contributed by atoms with Gasteiger partial charge in [-0.05, 0) is 154 Å². The van der Waals surface area contributed by atoms with Gasteiger partial charge < -0.3 is 33.8 Å². The van der Waals surface area contributed by atoms with Crippen LogP contribution in [0.4, 0.5) is 0 Å². The molecule has 104 heavy (non-hydrogen) atoms. The van der Waals surface area contributed by atoms with Gasteiger partial charge in [0, 0.05) is 25.7 Å². The minimum absolute atomic E-state index is 0.0145. The number of allylic oxidation sites excluding steroid dienone is 20. The van der Waals surface area contributed by atoms with Gasteiger partial charge in [0.05, 0.1) is 26.4 Å². The molecule has 0 spiro atoms. The summed E-state index contributed by atoms with van der Waals surface area (Å²) in [5, 5.41) is 10.6. The Balaban J connectivity index is 5.48. The van der Waals surface area contributed by atoms with Gasteiger partial charge in [0.25, 0.3) is 0 Å². The number of carbonyl (C=O) groups excluding carboxylic acids is 4. The van der Waals surface area contributed by atoms with Crippen LogP contribution in [0, 0.1) is 0 Å². The van der Waals surface area contributed by atoms with Crippen molar-refractivity contribution in [2.24, 2.45) is 0 Å². The monoisotopic (exact) mass is 1500 g/mol. The molecule has 0 heterocycles. The highest BCUT2D eigenvalue weighted by Crippen LogP contribution is 2.45. The van der Waals surface area contributed by atoms with Crippen LogP contribution in [0.5, 0.6) is 0 Å². The van der Waals surface area contributed by atoms with Crippen LogP contribution in [-0.4, -0.2) is 96.7 Å². The van der Waals surface area contributed by atoms with Crippen LogP contribution in [0.3, 0.4) is 0 Å². The van der Waals surface area contributed by atoms with Gasteiger partial charge in [-0.1, -0.05) is 278 Å². The summed E-state index contributed by atoms with van der Waals surface area (Å²) in [5.41, 5.74) is 0. The van der Waals surface area contributed by atoms with Gasteiger partial charge in [-0.3, -0.25) is 37.3 Å². The molecule has 2 unspecified atom stereocenters. The topological polar surface area (TPSA) is 237 Å². The van der Waals surface area contributed by atoms with E-state index in [1.807, 2.05) is 24.3 Å². The van der Waals surface area contributed by atoms with Crippen LogP contribution in [0.2, 0.25) is 0 Å². The molecule has 0 bridgehead atoms. The van der Waals surface area contributed by atoms with Crippen molar-refractivity contribution in [3.8, 4) is 0 Å². The molecule has 0 aliphatic rings. The second-order valence-corrected chi connectivity index (χ2v) is 29.9. The van der Waals surface area contributed by atoms with E-state index in [1.165, 1.54) is 116 Å². The first-order chi connectivity index (χ1) is 50.7. The van der Waals surface area contributed by atoms with Gasteiger partial charge >= 0.3 is 39.5 Å². The van der Waals surface area contributed by atoms with Gasteiger partial charge in [0.2, 0.25) is 0 Å². The van der Waals surface area contributed by atoms with Gasteiger partial charge in [0.1, 0.15) is 19.3 Å². The standard InChI is InChI=1S/C85H146O17P2/c1-5-9-13-17-21-25-29-33-37-39-43-47-51-55-59-63-67-71-84(89)101-80(75-95-82(87)69-65-61-57-53-49-45-41-35-31-27-23-19-15-11-7-3)77-99-103(91,92)97-73-79(86)74-98-104(93,94)100-78-81(76-96-83(88)70-66-62-58-54-50-46-42-36-32-28-24-20-16-12-8-4)102-85(90)72-68-64-60-56-52-48-44-40-38-34-30-26-22-18-14-10-6-2/h21-22,25-26,33-38,41-44,47-48,55-56,59-60,79-81,86H,5-20,23-24,27-32,39-40,45-46,49-54,57-58,61-78H2,1-4H3,(H,91,92)(H,93,94)/b25-21-,26-22-,37-33-,38-34-,41-35-,42-36-,47-43-,48-44-,59-55-,60-56-/t80-,81-/m1/s1. The highest BCUT2D eigenvalue weighted by Gasteiger charge is 2.30. The van der Waals surface area contributed by atoms with Crippen LogP contribution in [0.1, 0.15) is 336 Å². The normalized spacial score (nSPS) is 14.5. The summed E-state index contributed by atoms with van der Waals surface area (Å²) in [6.07, 6.45) is 84.7. The minimum Gasteiger partial charge on any atom is -0.462 e. The quantitative estimate of drug-likeness (QED) is 0.0169. The molecular formula is C85H146O17P2. The number of rotatable bonds is 76. The first-order valence-electron chi connectivity index (χ1n) is 40.8. The molecule has 19 heteroatoms. The third-order valence-electron chi connectivity index (χ3n) is 16.9. The van der Waals surface area contributed by atoms with E-state index in [-0.39, 0.29) is 25.7 Å². The number of esters is 4. The number of aliphatic hydroxyl groups excluding tert-OH is 1. The number of ether oxygens (including phenoxy) is 4. The number of phosphoric acid groups is 2. The van der Waals surface area contributed by atoms with E-state index in [0.717, 1.165) is 128 Å². The lowest BCUT2D eigenvalue weighted by Gasteiger charge is -2.21. The smallest absolute Gasteiger partial charge is 0.462 e. The fourth-order valence-electron chi connectivity index (χ4n) is 10.6. The van der Waals surface area contributed by atoms with Gasteiger partial charge in [-0.15, -0.1) is 0 Å². The molecule has 0 aromatic heterocycles. The number of carbonyl (C=O) groups is 4. The van der Waals surface area contributed by atoms with Crippen LogP contribution >= 0.6 is 15.6 Å². The number of aliphatic hydroxyl groups is 1. The van der Waals surface area contributed by atoms with Crippen molar-refractivity contribution in [2.45, 2.75) is 354 Å². The van der Waals surface area contributed by atoms with Crippen LogP contribution < -0.4 is 0 Å². The number of unbranched alkanes of at least 4 members (excludes halogenated alkanes) is 30. The Kier molecular flexibility index (Phi) is 73.3. The number of hydrogen-bond donors (Lipinski definition) is 3. The van der Waals surface area contributed by atoms with Crippen molar-refractivity contribution >= 4 is 39.5 Å².